The van der Waals surface area contributed by atoms with Crippen LogP contribution in [0.4, 0.5) is 9.52 Å². The van der Waals surface area contributed by atoms with Crippen LogP contribution in [0, 0.1) is 17.1 Å². The summed E-state index contributed by atoms with van der Waals surface area (Å²) in [5.41, 5.74) is 2.77. The van der Waals surface area contributed by atoms with E-state index in [1.54, 1.807) is 42.5 Å². The summed E-state index contributed by atoms with van der Waals surface area (Å²) in [6.07, 6.45) is 1.49. The standard InChI is InChI=1S/C26H18FN3O2S/c27-23-9-5-4-8-20(23)16-32-22-12-10-18(11-13-22)14-21(15-28)25(31)30-26-29-24(17-33-26)19-6-2-1-3-7-19/h1-14,17H,16H2,(H,29,30,31)/b21-14+. The van der Waals surface area contributed by atoms with Crippen LogP contribution in [0.2, 0.25) is 0 Å². The minimum Gasteiger partial charge on any atom is -0.489 e. The van der Waals surface area contributed by atoms with E-state index in [0.29, 0.717) is 22.0 Å². The Morgan fingerprint density at radius 1 is 1.06 bits per heavy atom. The van der Waals surface area contributed by atoms with E-state index < -0.39 is 5.91 Å². The van der Waals surface area contributed by atoms with E-state index in [4.69, 9.17) is 4.74 Å². The lowest BCUT2D eigenvalue weighted by Gasteiger charge is -2.07. The highest BCUT2D eigenvalue weighted by molar-refractivity contribution is 7.14. The zero-order valence-electron chi connectivity index (χ0n) is 17.4. The topological polar surface area (TPSA) is 75.0 Å². The summed E-state index contributed by atoms with van der Waals surface area (Å²) in [4.78, 5) is 17.0. The molecule has 5 nitrogen and oxygen atoms in total. The summed E-state index contributed by atoms with van der Waals surface area (Å²) in [6, 6.07) is 24.8. The van der Waals surface area contributed by atoms with Crippen molar-refractivity contribution in [2.24, 2.45) is 0 Å². The van der Waals surface area contributed by atoms with Gasteiger partial charge in [0.25, 0.3) is 5.91 Å². The summed E-state index contributed by atoms with van der Waals surface area (Å²) in [5, 5.41) is 14.4. The van der Waals surface area contributed by atoms with Crippen molar-refractivity contribution in [3.05, 3.63) is 107 Å². The zero-order chi connectivity index (χ0) is 23.0. The second-order valence-electron chi connectivity index (χ2n) is 6.98. The number of carbonyl (C=O) groups excluding carboxylic acids is 1. The lowest BCUT2D eigenvalue weighted by atomic mass is 10.1. The van der Waals surface area contributed by atoms with Crippen LogP contribution in [0.15, 0.2) is 89.8 Å². The number of hydrogen-bond donors (Lipinski definition) is 1. The molecule has 0 aliphatic heterocycles. The van der Waals surface area contributed by atoms with Gasteiger partial charge < -0.3 is 4.74 Å². The number of thiazole rings is 1. The minimum absolute atomic E-state index is 0.0495. The number of amides is 1. The number of nitrogens with one attached hydrogen (secondary N) is 1. The first kappa shape index (κ1) is 21.9. The lowest BCUT2D eigenvalue weighted by Crippen LogP contribution is -2.13. The molecule has 0 atom stereocenters. The van der Waals surface area contributed by atoms with Gasteiger partial charge in [0.1, 0.15) is 29.8 Å². The Bertz CT molecular complexity index is 1330. The number of aromatic nitrogens is 1. The van der Waals surface area contributed by atoms with Gasteiger partial charge in [0.2, 0.25) is 0 Å². The van der Waals surface area contributed by atoms with Crippen molar-refractivity contribution in [2.45, 2.75) is 6.61 Å². The SMILES string of the molecule is N#C/C(=C\c1ccc(OCc2ccccc2F)cc1)C(=O)Nc1nc(-c2ccccc2)cs1. The average molecular weight is 456 g/mol. The first-order valence-electron chi connectivity index (χ1n) is 10.0. The van der Waals surface area contributed by atoms with Crippen molar-refractivity contribution in [2.75, 3.05) is 5.32 Å². The summed E-state index contributed by atoms with van der Waals surface area (Å²) in [5.74, 6) is -0.307. The van der Waals surface area contributed by atoms with E-state index in [2.05, 4.69) is 10.3 Å². The van der Waals surface area contributed by atoms with Gasteiger partial charge in [-0.2, -0.15) is 5.26 Å². The maximum absolute atomic E-state index is 13.7. The molecule has 7 heteroatoms. The number of nitriles is 1. The molecule has 0 unspecified atom stereocenters. The molecule has 0 saturated heterocycles. The van der Waals surface area contributed by atoms with Crippen LogP contribution in [-0.4, -0.2) is 10.9 Å². The molecule has 0 aliphatic rings. The van der Waals surface area contributed by atoms with Crippen molar-refractivity contribution < 1.29 is 13.9 Å². The van der Waals surface area contributed by atoms with Gasteiger partial charge in [0.15, 0.2) is 5.13 Å². The predicted molar refractivity (Wildman–Crippen MR) is 127 cm³/mol. The molecule has 0 fully saturated rings. The highest BCUT2D eigenvalue weighted by Gasteiger charge is 2.13. The fourth-order valence-corrected chi connectivity index (χ4v) is 3.70. The summed E-state index contributed by atoms with van der Waals surface area (Å²) < 4.78 is 19.3. The van der Waals surface area contributed by atoms with E-state index in [1.165, 1.54) is 23.5 Å². The van der Waals surface area contributed by atoms with E-state index >= 15 is 0 Å². The van der Waals surface area contributed by atoms with Gasteiger partial charge in [-0.25, -0.2) is 9.37 Å². The predicted octanol–water partition coefficient (Wildman–Crippen LogP) is 6.07. The molecule has 3 aromatic carbocycles. The highest BCUT2D eigenvalue weighted by Crippen LogP contribution is 2.25. The van der Waals surface area contributed by atoms with Gasteiger partial charge in [-0.1, -0.05) is 60.7 Å². The first-order chi connectivity index (χ1) is 16.1. The number of ether oxygens (including phenoxy) is 1. The Morgan fingerprint density at radius 2 is 1.79 bits per heavy atom. The van der Waals surface area contributed by atoms with Crippen LogP contribution in [0.25, 0.3) is 17.3 Å². The quantitative estimate of drug-likeness (QED) is 0.271. The van der Waals surface area contributed by atoms with Crippen LogP contribution < -0.4 is 10.1 Å². The summed E-state index contributed by atoms with van der Waals surface area (Å²) in [6.45, 7) is 0.104. The Hall–Kier alpha value is -4.28. The molecule has 1 amide bonds. The summed E-state index contributed by atoms with van der Waals surface area (Å²) >= 11 is 1.29. The monoisotopic (exact) mass is 455 g/mol. The fourth-order valence-electron chi connectivity index (χ4n) is 2.99. The third-order valence-corrected chi connectivity index (χ3v) is 5.46. The van der Waals surface area contributed by atoms with Crippen molar-refractivity contribution in [3.8, 4) is 23.1 Å². The number of halogens is 1. The molecular formula is C26H18FN3O2S. The molecule has 1 heterocycles. The average Bonchev–Trinajstić information content (AvgIpc) is 3.32. The molecule has 0 spiro atoms. The van der Waals surface area contributed by atoms with Gasteiger partial charge in [0.05, 0.1) is 5.69 Å². The Kier molecular flexibility index (Phi) is 6.88. The molecule has 162 valence electrons. The normalized spacial score (nSPS) is 11.0. The minimum atomic E-state index is -0.536. The summed E-state index contributed by atoms with van der Waals surface area (Å²) in [7, 11) is 0. The molecule has 4 aromatic rings. The highest BCUT2D eigenvalue weighted by atomic mass is 32.1. The number of anilines is 1. The maximum atomic E-state index is 13.7. The van der Waals surface area contributed by atoms with Crippen molar-refractivity contribution >= 4 is 28.5 Å². The van der Waals surface area contributed by atoms with Crippen molar-refractivity contribution in [1.82, 2.24) is 4.98 Å². The number of benzene rings is 3. The van der Waals surface area contributed by atoms with Crippen molar-refractivity contribution in [1.29, 1.82) is 5.26 Å². The van der Waals surface area contributed by atoms with E-state index in [0.717, 1.165) is 11.3 Å². The second kappa shape index (κ2) is 10.4. The molecular weight excluding hydrogens is 437 g/mol. The van der Waals surface area contributed by atoms with E-state index in [9.17, 15) is 14.4 Å². The maximum Gasteiger partial charge on any atom is 0.268 e. The molecule has 0 saturated carbocycles. The van der Waals surface area contributed by atoms with Gasteiger partial charge in [-0.3, -0.25) is 10.1 Å². The number of carbonyl (C=O) groups is 1. The third kappa shape index (κ3) is 5.70. The zero-order valence-corrected chi connectivity index (χ0v) is 18.2. The molecule has 1 aromatic heterocycles. The van der Waals surface area contributed by atoms with Gasteiger partial charge in [-0.15, -0.1) is 11.3 Å². The Balaban J connectivity index is 1.40. The van der Waals surface area contributed by atoms with Crippen LogP contribution >= 0.6 is 11.3 Å². The largest absolute Gasteiger partial charge is 0.489 e. The van der Waals surface area contributed by atoms with E-state index in [-0.39, 0.29) is 18.0 Å². The van der Waals surface area contributed by atoms with Crippen LogP contribution in [-0.2, 0) is 11.4 Å². The van der Waals surface area contributed by atoms with Gasteiger partial charge in [-0.05, 0) is 29.8 Å². The molecule has 0 aliphatic carbocycles. The number of rotatable bonds is 7. The van der Waals surface area contributed by atoms with Crippen molar-refractivity contribution in [3.63, 3.8) is 0 Å². The number of nitrogens with zero attached hydrogens (tertiary/aromatic N) is 2. The van der Waals surface area contributed by atoms with Crippen LogP contribution in [0.5, 0.6) is 5.75 Å². The molecule has 1 N–H and O–H groups in total. The lowest BCUT2D eigenvalue weighted by molar-refractivity contribution is -0.112. The van der Waals surface area contributed by atoms with E-state index in [1.807, 2.05) is 41.8 Å². The molecule has 0 radical (unpaired) electrons. The third-order valence-electron chi connectivity index (χ3n) is 4.70. The Labute approximate surface area is 194 Å². The molecule has 4 rings (SSSR count). The smallest absolute Gasteiger partial charge is 0.268 e. The van der Waals surface area contributed by atoms with Crippen LogP contribution in [0.3, 0.4) is 0 Å². The molecule has 0 bridgehead atoms. The second-order valence-corrected chi connectivity index (χ2v) is 7.84. The van der Waals surface area contributed by atoms with Gasteiger partial charge >= 0.3 is 0 Å². The number of hydrogen-bond acceptors (Lipinski definition) is 5. The van der Waals surface area contributed by atoms with Gasteiger partial charge in [0, 0.05) is 16.5 Å². The van der Waals surface area contributed by atoms with Crippen LogP contribution in [0.1, 0.15) is 11.1 Å². The first-order valence-corrected chi connectivity index (χ1v) is 10.9. The Morgan fingerprint density at radius 3 is 2.52 bits per heavy atom. The fraction of sp³-hybridized carbons (Fsp3) is 0.0385. The molecule has 33 heavy (non-hydrogen) atoms.